The Bertz CT molecular complexity index is 1640. The van der Waals surface area contributed by atoms with E-state index in [0.29, 0.717) is 22.5 Å². The van der Waals surface area contributed by atoms with Gasteiger partial charge in [0.15, 0.2) is 0 Å². The SMILES string of the molecule is CC(F)c1ccccc1-c1noc(C2CC2)c1C=C1CC2(CCN(c3ccc4c(C(=O)O)cn(C)c4c3)CC2)C1. The number of aryl methyl sites for hydroxylation is 1. The summed E-state index contributed by atoms with van der Waals surface area (Å²) in [7, 11) is 1.90. The van der Waals surface area contributed by atoms with Gasteiger partial charge < -0.3 is 19.1 Å². The number of allylic oxidation sites excluding steroid dienone is 1. The number of anilines is 1. The summed E-state index contributed by atoms with van der Waals surface area (Å²) in [5.41, 5.74) is 7.51. The first-order valence-electron chi connectivity index (χ1n) is 14.3. The Morgan fingerprint density at radius 3 is 2.62 bits per heavy atom. The molecule has 1 spiro atoms. The number of halogens is 1. The fourth-order valence-corrected chi connectivity index (χ4v) is 6.89. The molecule has 2 aliphatic carbocycles. The molecule has 3 heterocycles. The molecule has 6 nitrogen and oxygen atoms in total. The van der Waals surface area contributed by atoms with Crippen molar-refractivity contribution in [2.45, 2.75) is 57.5 Å². The standard InChI is InChI=1S/C33H34FN3O3/c1-20(34)24-5-3-4-6-26(24)30-27(31(40-35-30)22-7-8-22)15-21-17-33(18-21)11-13-37(14-12-33)23-9-10-25-28(32(38)39)19-36(2)29(25)16-23/h3-6,9-10,15-16,19-20,22H,7-8,11-14,17-18H2,1-2H3,(H,38,39). The van der Waals surface area contributed by atoms with Crippen LogP contribution in [0, 0.1) is 5.41 Å². The van der Waals surface area contributed by atoms with Gasteiger partial charge in [-0.05, 0) is 80.7 Å². The second kappa shape index (κ2) is 9.36. The molecule has 206 valence electrons. The highest BCUT2D eigenvalue weighted by molar-refractivity contribution is 6.04. The van der Waals surface area contributed by atoms with E-state index in [-0.39, 0.29) is 0 Å². The van der Waals surface area contributed by atoms with Gasteiger partial charge in [-0.2, -0.15) is 0 Å². The van der Waals surface area contributed by atoms with Crippen LogP contribution in [0.15, 0.2) is 58.8 Å². The molecule has 1 saturated heterocycles. The van der Waals surface area contributed by atoms with Gasteiger partial charge in [0, 0.05) is 54.5 Å². The lowest BCUT2D eigenvalue weighted by molar-refractivity contribution is 0.0698. The third-order valence-electron chi connectivity index (χ3n) is 9.29. The average molecular weight is 540 g/mol. The number of aromatic nitrogens is 2. The number of rotatable bonds is 6. The highest BCUT2D eigenvalue weighted by Crippen LogP contribution is 2.54. The van der Waals surface area contributed by atoms with Crippen LogP contribution in [-0.2, 0) is 7.05 Å². The van der Waals surface area contributed by atoms with Crippen molar-refractivity contribution < 1.29 is 18.8 Å². The van der Waals surface area contributed by atoms with Gasteiger partial charge in [0.25, 0.3) is 0 Å². The number of carboxylic acid groups (broad SMARTS) is 1. The predicted molar refractivity (Wildman–Crippen MR) is 154 cm³/mol. The fraction of sp³-hybridized carbons (Fsp3) is 0.394. The summed E-state index contributed by atoms with van der Waals surface area (Å²) in [6.07, 6.45) is 9.57. The molecule has 7 rings (SSSR count). The smallest absolute Gasteiger partial charge is 0.337 e. The van der Waals surface area contributed by atoms with E-state index in [4.69, 9.17) is 4.52 Å². The Hall–Kier alpha value is -3.87. The zero-order chi connectivity index (χ0) is 27.6. The summed E-state index contributed by atoms with van der Waals surface area (Å²) in [5.74, 6) is 0.492. The minimum absolute atomic E-state index is 0.330. The number of piperidine rings is 1. The maximum Gasteiger partial charge on any atom is 0.337 e. The van der Waals surface area contributed by atoms with Gasteiger partial charge in [-0.3, -0.25) is 0 Å². The van der Waals surface area contributed by atoms with Crippen molar-refractivity contribution in [3.63, 3.8) is 0 Å². The van der Waals surface area contributed by atoms with E-state index in [0.717, 1.165) is 90.8 Å². The third-order valence-corrected chi connectivity index (χ3v) is 9.29. The molecule has 7 heteroatoms. The number of hydrogen-bond donors (Lipinski definition) is 1. The zero-order valence-electron chi connectivity index (χ0n) is 23.0. The fourth-order valence-electron chi connectivity index (χ4n) is 6.89. The molecular formula is C33H34FN3O3. The minimum atomic E-state index is -1.07. The average Bonchev–Trinajstić information content (AvgIpc) is 3.61. The molecular weight excluding hydrogens is 505 g/mol. The molecule has 40 heavy (non-hydrogen) atoms. The zero-order valence-corrected chi connectivity index (χ0v) is 23.0. The van der Waals surface area contributed by atoms with Gasteiger partial charge in [0.2, 0.25) is 0 Å². The van der Waals surface area contributed by atoms with Crippen LogP contribution in [0.1, 0.15) is 84.8 Å². The van der Waals surface area contributed by atoms with Crippen LogP contribution in [0.2, 0.25) is 0 Å². The van der Waals surface area contributed by atoms with Crippen molar-refractivity contribution in [2.24, 2.45) is 12.5 Å². The number of nitrogens with zero attached hydrogens (tertiary/aromatic N) is 3. The van der Waals surface area contributed by atoms with E-state index < -0.39 is 12.1 Å². The van der Waals surface area contributed by atoms with Gasteiger partial charge in [-0.1, -0.05) is 35.0 Å². The predicted octanol–water partition coefficient (Wildman–Crippen LogP) is 7.90. The van der Waals surface area contributed by atoms with Crippen LogP contribution in [0.25, 0.3) is 28.2 Å². The first-order chi connectivity index (χ1) is 19.3. The number of carboxylic acids is 1. The van der Waals surface area contributed by atoms with Gasteiger partial charge >= 0.3 is 5.97 Å². The van der Waals surface area contributed by atoms with Crippen molar-refractivity contribution in [1.29, 1.82) is 0 Å². The molecule has 0 bridgehead atoms. The first kappa shape index (κ1) is 25.1. The van der Waals surface area contributed by atoms with Gasteiger partial charge in [-0.15, -0.1) is 0 Å². The van der Waals surface area contributed by atoms with E-state index in [9.17, 15) is 14.3 Å². The Balaban J connectivity index is 1.09. The van der Waals surface area contributed by atoms with Crippen molar-refractivity contribution in [3.05, 3.63) is 76.7 Å². The molecule has 1 N–H and O–H groups in total. The minimum Gasteiger partial charge on any atom is -0.478 e. The molecule has 2 aromatic carbocycles. The van der Waals surface area contributed by atoms with Gasteiger partial charge in [-0.25, -0.2) is 9.18 Å². The molecule has 3 fully saturated rings. The summed E-state index contributed by atoms with van der Waals surface area (Å²) < 4.78 is 22.2. The molecule has 0 amide bonds. The van der Waals surface area contributed by atoms with Crippen LogP contribution < -0.4 is 4.90 Å². The Kier molecular flexibility index (Phi) is 5.88. The summed E-state index contributed by atoms with van der Waals surface area (Å²) in [6.45, 7) is 3.55. The normalized spacial score (nSPS) is 19.2. The van der Waals surface area contributed by atoms with Crippen molar-refractivity contribution in [1.82, 2.24) is 9.72 Å². The highest BCUT2D eigenvalue weighted by atomic mass is 19.1. The summed E-state index contributed by atoms with van der Waals surface area (Å²) in [4.78, 5) is 14.0. The Labute approximate surface area is 233 Å². The molecule has 2 aromatic heterocycles. The number of aromatic carboxylic acids is 1. The van der Waals surface area contributed by atoms with Gasteiger partial charge in [0.05, 0.1) is 11.1 Å². The third kappa shape index (κ3) is 4.23. The molecule has 4 aromatic rings. The lowest BCUT2D eigenvalue weighted by Crippen LogP contribution is -2.44. The second-order valence-electron chi connectivity index (χ2n) is 12.1. The lowest BCUT2D eigenvalue weighted by atomic mass is 9.60. The monoisotopic (exact) mass is 539 g/mol. The van der Waals surface area contributed by atoms with E-state index in [1.807, 2.05) is 41.9 Å². The van der Waals surface area contributed by atoms with Crippen LogP contribution in [-0.4, -0.2) is 33.9 Å². The topological polar surface area (TPSA) is 71.5 Å². The van der Waals surface area contributed by atoms with Crippen LogP contribution in [0.3, 0.4) is 0 Å². The van der Waals surface area contributed by atoms with Crippen LogP contribution >= 0.6 is 0 Å². The highest BCUT2D eigenvalue weighted by Gasteiger charge is 2.43. The van der Waals surface area contributed by atoms with Crippen molar-refractivity contribution in [3.8, 4) is 11.3 Å². The van der Waals surface area contributed by atoms with Crippen molar-refractivity contribution in [2.75, 3.05) is 18.0 Å². The Morgan fingerprint density at radius 2 is 1.93 bits per heavy atom. The van der Waals surface area contributed by atoms with E-state index in [1.54, 1.807) is 13.1 Å². The van der Waals surface area contributed by atoms with E-state index in [1.165, 1.54) is 5.57 Å². The van der Waals surface area contributed by atoms with Crippen LogP contribution in [0.4, 0.5) is 10.1 Å². The second-order valence-corrected chi connectivity index (χ2v) is 12.1. The number of carbonyl (C=O) groups is 1. The molecule has 1 atom stereocenters. The number of benzene rings is 2. The summed E-state index contributed by atoms with van der Waals surface area (Å²) in [6, 6.07) is 13.7. The lowest BCUT2D eigenvalue weighted by Gasteiger charge is -2.50. The molecule has 1 unspecified atom stereocenters. The summed E-state index contributed by atoms with van der Waals surface area (Å²) >= 11 is 0. The largest absolute Gasteiger partial charge is 0.478 e. The van der Waals surface area contributed by atoms with Gasteiger partial charge in [0.1, 0.15) is 17.6 Å². The van der Waals surface area contributed by atoms with Crippen LogP contribution in [0.5, 0.6) is 0 Å². The van der Waals surface area contributed by atoms with Crippen molar-refractivity contribution >= 4 is 28.6 Å². The maximum absolute atomic E-state index is 14.4. The maximum atomic E-state index is 14.4. The molecule has 0 radical (unpaired) electrons. The molecule has 2 saturated carbocycles. The molecule has 1 aliphatic heterocycles. The number of alkyl halides is 1. The van der Waals surface area contributed by atoms with E-state index >= 15 is 0 Å². The Morgan fingerprint density at radius 1 is 1.18 bits per heavy atom. The number of fused-ring (bicyclic) bond motifs is 1. The summed E-state index contributed by atoms with van der Waals surface area (Å²) in [5, 5.41) is 14.8. The van der Waals surface area contributed by atoms with E-state index in [2.05, 4.69) is 28.3 Å². The number of hydrogen-bond acceptors (Lipinski definition) is 4. The first-order valence-corrected chi connectivity index (χ1v) is 14.3. The quantitative estimate of drug-likeness (QED) is 0.270. The molecule has 3 aliphatic rings.